The average Bonchev–Trinajstić information content (AvgIpc) is 2.63. The number of hydrogen-bond acceptors (Lipinski definition) is 6. The second kappa shape index (κ2) is 13.1. The number of likely N-dealkylation sites (N-methyl/N-ethyl adjacent to an activating group) is 1. The van der Waals surface area contributed by atoms with Gasteiger partial charge in [0.25, 0.3) is 0 Å². The molecule has 0 aromatic rings. The lowest BCUT2D eigenvalue weighted by molar-refractivity contribution is 0.0184. The molecule has 3 N–H and O–H groups in total. The fraction of sp³-hybridized carbons (Fsp3) is 0.818. The number of carbonyl (C=O) groups excluding carboxylic acids is 1. The van der Waals surface area contributed by atoms with Gasteiger partial charge in [-0.1, -0.05) is 58.9 Å². The molecule has 8 nitrogen and oxygen atoms in total. The molecule has 0 fully saturated rings. The predicted molar refractivity (Wildman–Crippen MR) is 128 cm³/mol. The Bertz CT molecular complexity index is 579. The Labute approximate surface area is 189 Å². The lowest BCUT2D eigenvalue weighted by Gasteiger charge is -2.41. The Morgan fingerprint density at radius 1 is 1.06 bits per heavy atom. The number of amidine groups is 1. The van der Waals surface area contributed by atoms with Gasteiger partial charge in [-0.2, -0.15) is 0 Å². The van der Waals surface area contributed by atoms with Crippen molar-refractivity contribution in [2.24, 2.45) is 10.9 Å². The maximum atomic E-state index is 12.3. The van der Waals surface area contributed by atoms with Crippen LogP contribution in [0.4, 0.5) is 4.79 Å². The Morgan fingerprint density at radius 3 is 1.97 bits per heavy atom. The van der Waals surface area contributed by atoms with E-state index in [9.17, 15) is 4.79 Å². The zero-order valence-electron chi connectivity index (χ0n) is 21.1. The van der Waals surface area contributed by atoms with Crippen molar-refractivity contribution in [3.8, 4) is 0 Å². The Hall–Kier alpha value is -1.58. The molecule has 182 valence electrons. The largest absolute Gasteiger partial charge is 0.444 e. The summed E-state index contributed by atoms with van der Waals surface area (Å²) in [6, 6.07) is -0.743. The standard InChI is InChI=1S/C22H45N3O5Si/c1-16(2)31(17(3)4,18(5)6)29-14-12-11-13-28-15-19(20(23)24-27)25(10)21(26)30-22(7,8)9/h11-12,16-19,27H,13-15H2,1-10H3,(H2,23,24)/b12-11-. The van der Waals surface area contributed by atoms with Crippen molar-refractivity contribution in [2.75, 3.05) is 26.9 Å². The topological polar surface area (TPSA) is 107 Å². The molecule has 9 heteroatoms. The monoisotopic (exact) mass is 459 g/mol. The van der Waals surface area contributed by atoms with Crippen LogP contribution in [0.3, 0.4) is 0 Å². The van der Waals surface area contributed by atoms with E-state index >= 15 is 0 Å². The molecular weight excluding hydrogens is 414 g/mol. The van der Waals surface area contributed by atoms with Gasteiger partial charge in [0.2, 0.25) is 8.32 Å². The molecule has 0 aliphatic heterocycles. The molecule has 1 atom stereocenters. The Kier molecular flexibility index (Phi) is 12.4. The number of rotatable bonds is 12. The molecule has 1 amide bonds. The van der Waals surface area contributed by atoms with E-state index in [0.717, 1.165) is 0 Å². The van der Waals surface area contributed by atoms with Gasteiger partial charge in [0, 0.05) is 7.05 Å². The minimum Gasteiger partial charge on any atom is -0.444 e. The zero-order chi connectivity index (χ0) is 24.4. The third-order valence-corrected chi connectivity index (χ3v) is 11.5. The summed E-state index contributed by atoms with van der Waals surface area (Å²) < 4.78 is 17.4. The Balaban J connectivity index is 4.81. The second-order valence-electron chi connectivity index (χ2n) is 9.77. The first-order valence-electron chi connectivity index (χ1n) is 11.0. The minimum absolute atomic E-state index is 0.0690. The van der Waals surface area contributed by atoms with Gasteiger partial charge in [-0.05, 0) is 37.4 Å². The first-order valence-corrected chi connectivity index (χ1v) is 13.1. The highest BCUT2D eigenvalue weighted by Crippen LogP contribution is 2.42. The average molecular weight is 460 g/mol. The highest BCUT2D eigenvalue weighted by Gasteiger charge is 2.44. The van der Waals surface area contributed by atoms with Crippen molar-refractivity contribution < 1.29 is 23.9 Å². The van der Waals surface area contributed by atoms with Gasteiger partial charge < -0.3 is 24.8 Å². The SMILES string of the molecule is CC(C)[Si](OC/C=C\COCC(/C(N)=N\O)N(C)C(=O)OC(C)(C)C)(C(C)C)C(C)C. The number of ether oxygens (including phenoxy) is 2. The quantitative estimate of drug-likeness (QED) is 0.0831. The lowest BCUT2D eigenvalue weighted by Crippen LogP contribution is -2.50. The first kappa shape index (κ1) is 29.4. The zero-order valence-corrected chi connectivity index (χ0v) is 22.1. The lowest BCUT2D eigenvalue weighted by atomic mass is 10.2. The first-order chi connectivity index (χ1) is 14.2. The highest BCUT2D eigenvalue weighted by molar-refractivity contribution is 6.77. The maximum Gasteiger partial charge on any atom is 0.410 e. The summed E-state index contributed by atoms with van der Waals surface area (Å²) in [6.07, 6.45) is 3.27. The van der Waals surface area contributed by atoms with Crippen LogP contribution in [0.15, 0.2) is 17.3 Å². The van der Waals surface area contributed by atoms with E-state index in [2.05, 4.69) is 46.7 Å². The molecule has 0 spiro atoms. The minimum atomic E-state index is -1.89. The molecule has 0 rings (SSSR count). The van der Waals surface area contributed by atoms with E-state index < -0.39 is 26.1 Å². The van der Waals surface area contributed by atoms with Gasteiger partial charge in [0.15, 0.2) is 5.84 Å². The molecule has 0 saturated heterocycles. The number of hydrogen-bond donors (Lipinski definition) is 2. The fourth-order valence-electron chi connectivity index (χ4n) is 4.00. The van der Waals surface area contributed by atoms with E-state index in [0.29, 0.717) is 29.8 Å². The van der Waals surface area contributed by atoms with E-state index in [4.69, 9.17) is 24.8 Å². The molecule has 0 saturated carbocycles. The van der Waals surface area contributed by atoms with Crippen molar-refractivity contribution in [2.45, 2.75) is 90.6 Å². The van der Waals surface area contributed by atoms with Crippen molar-refractivity contribution in [3.63, 3.8) is 0 Å². The summed E-state index contributed by atoms with van der Waals surface area (Å²) in [4.78, 5) is 13.5. The summed E-state index contributed by atoms with van der Waals surface area (Å²) in [5, 5.41) is 12.1. The molecule has 0 aliphatic carbocycles. The second-order valence-corrected chi connectivity index (χ2v) is 15.2. The number of oxime groups is 1. The number of nitrogens with two attached hydrogens (primary N) is 1. The molecule has 0 bridgehead atoms. The fourth-order valence-corrected chi connectivity index (χ4v) is 9.38. The summed E-state index contributed by atoms with van der Waals surface area (Å²) >= 11 is 0. The third kappa shape index (κ3) is 9.20. The Morgan fingerprint density at radius 2 is 1.55 bits per heavy atom. The van der Waals surface area contributed by atoms with Gasteiger partial charge >= 0.3 is 6.09 Å². The molecular formula is C22H45N3O5Si. The summed E-state index contributed by atoms with van der Waals surface area (Å²) in [5.41, 5.74) is 6.69. The van der Waals surface area contributed by atoms with Crippen molar-refractivity contribution in [3.05, 3.63) is 12.2 Å². The van der Waals surface area contributed by atoms with Gasteiger partial charge in [-0.3, -0.25) is 4.90 Å². The van der Waals surface area contributed by atoms with Crippen LogP contribution >= 0.6 is 0 Å². The van der Waals surface area contributed by atoms with Crippen molar-refractivity contribution in [1.29, 1.82) is 0 Å². The van der Waals surface area contributed by atoms with Crippen LogP contribution in [0.2, 0.25) is 16.6 Å². The molecule has 0 aromatic carbocycles. The van der Waals surface area contributed by atoms with Gasteiger partial charge in [0.05, 0.1) is 19.8 Å². The van der Waals surface area contributed by atoms with Crippen molar-refractivity contribution >= 4 is 20.2 Å². The normalized spacial score (nSPS) is 14.7. The van der Waals surface area contributed by atoms with E-state index in [-0.39, 0.29) is 12.4 Å². The molecule has 0 radical (unpaired) electrons. The third-order valence-electron chi connectivity index (χ3n) is 5.40. The number of nitrogens with zero attached hydrogens (tertiary/aromatic N) is 2. The van der Waals surface area contributed by atoms with E-state index in [1.807, 2.05) is 12.2 Å². The van der Waals surface area contributed by atoms with Crippen LogP contribution in [0.1, 0.15) is 62.3 Å². The highest BCUT2D eigenvalue weighted by atomic mass is 28.4. The van der Waals surface area contributed by atoms with Crippen molar-refractivity contribution in [1.82, 2.24) is 4.90 Å². The van der Waals surface area contributed by atoms with Crippen LogP contribution in [-0.4, -0.2) is 68.9 Å². The smallest absolute Gasteiger partial charge is 0.410 e. The van der Waals surface area contributed by atoms with Gasteiger partial charge in [0.1, 0.15) is 11.6 Å². The summed E-state index contributed by atoms with van der Waals surface area (Å²) in [6.45, 7) is 19.8. The van der Waals surface area contributed by atoms with Crippen LogP contribution in [-0.2, 0) is 13.9 Å². The van der Waals surface area contributed by atoms with Crippen LogP contribution in [0.5, 0.6) is 0 Å². The number of carbonyl (C=O) groups is 1. The van der Waals surface area contributed by atoms with Crippen LogP contribution in [0, 0.1) is 0 Å². The molecule has 0 aromatic heterocycles. The van der Waals surface area contributed by atoms with E-state index in [1.54, 1.807) is 20.8 Å². The van der Waals surface area contributed by atoms with Crippen LogP contribution in [0.25, 0.3) is 0 Å². The van der Waals surface area contributed by atoms with Gasteiger partial charge in [-0.15, -0.1) is 0 Å². The molecule has 31 heavy (non-hydrogen) atoms. The molecule has 1 unspecified atom stereocenters. The maximum absolute atomic E-state index is 12.3. The van der Waals surface area contributed by atoms with Gasteiger partial charge in [-0.25, -0.2) is 4.79 Å². The predicted octanol–water partition coefficient (Wildman–Crippen LogP) is 4.73. The summed E-state index contributed by atoms with van der Waals surface area (Å²) in [7, 11) is -0.366. The summed E-state index contributed by atoms with van der Waals surface area (Å²) in [5.74, 6) is -0.123. The number of amides is 1. The molecule has 0 heterocycles. The molecule has 0 aliphatic rings. The van der Waals surface area contributed by atoms with Crippen LogP contribution < -0.4 is 5.73 Å². The van der Waals surface area contributed by atoms with E-state index in [1.165, 1.54) is 11.9 Å².